The molecule has 0 saturated carbocycles. The zero-order valence-corrected chi connectivity index (χ0v) is 16.4. The van der Waals surface area contributed by atoms with Crippen LogP contribution in [-0.4, -0.2) is 22.2 Å². The van der Waals surface area contributed by atoms with E-state index in [1.54, 1.807) is 11.6 Å². The molecule has 29 heavy (non-hydrogen) atoms. The fourth-order valence-corrected chi connectivity index (χ4v) is 3.09. The maximum absolute atomic E-state index is 12.7. The van der Waals surface area contributed by atoms with Crippen LogP contribution in [0.4, 0.5) is 24.5 Å². The van der Waals surface area contributed by atoms with Gasteiger partial charge >= 0.3 is 6.18 Å². The normalized spacial score (nSPS) is 11.4. The van der Waals surface area contributed by atoms with E-state index in [4.69, 9.17) is 11.6 Å². The summed E-state index contributed by atoms with van der Waals surface area (Å²) < 4.78 is 39.8. The molecule has 0 bridgehead atoms. The second-order valence-corrected chi connectivity index (χ2v) is 6.79. The van der Waals surface area contributed by atoms with Crippen LogP contribution in [0.1, 0.15) is 17.0 Å². The smallest absolute Gasteiger partial charge is 0.375 e. The van der Waals surface area contributed by atoms with Gasteiger partial charge in [-0.05, 0) is 44.2 Å². The molecule has 0 saturated heterocycles. The van der Waals surface area contributed by atoms with Crippen LogP contribution < -0.4 is 10.6 Å². The third-order valence-corrected chi connectivity index (χ3v) is 4.61. The van der Waals surface area contributed by atoms with E-state index in [2.05, 4.69) is 15.7 Å². The van der Waals surface area contributed by atoms with Crippen molar-refractivity contribution < 1.29 is 18.0 Å². The van der Waals surface area contributed by atoms with Crippen molar-refractivity contribution in [2.75, 3.05) is 17.2 Å². The van der Waals surface area contributed by atoms with Crippen molar-refractivity contribution in [2.24, 2.45) is 0 Å². The molecule has 0 atom stereocenters. The number of benzene rings is 2. The summed E-state index contributed by atoms with van der Waals surface area (Å²) in [7, 11) is 0. The Morgan fingerprint density at radius 2 is 1.83 bits per heavy atom. The van der Waals surface area contributed by atoms with Gasteiger partial charge in [0.25, 0.3) is 0 Å². The fraction of sp³-hybridized carbons (Fsp3) is 0.200. The molecular weight excluding hydrogens is 405 g/mol. The van der Waals surface area contributed by atoms with E-state index in [1.165, 1.54) is 6.07 Å². The Kier molecular flexibility index (Phi) is 5.83. The molecule has 1 amide bonds. The molecule has 0 unspecified atom stereocenters. The van der Waals surface area contributed by atoms with Gasteiger partial charge in [0, 0.05) is 0 Å². The van der Waals surface area contributed by atoms with Crippen molar-refractivity contribution in [3.8, 4) is 5.69 Å². The fourth-order valence-electron chi connectivity index (χ4n) is 2.84. The van der Waals surface area contributed by atoms with E-state index in [0.717, 1.165) is 23.5 Å². The molecule has 9 heteroatoms. The van der Waals surface area contributed by atoms with E-state index in [1.807, 2.05) is 37.3 Å². The Morgan fingerprint density at radius 1 is 1.14 bits per heavy atom. The number of halogens is 4. The molecule has 1 aromatic heterocycles. The number of rotatable bonds is 5. The summed E-state index contributed by atoms with van der Waals surface area (Å²) in [6.07, 6.45) is -4.48. The molecule has 0 aliphatic heterocycles. The van der Waals surface area contributed by atoms with Crippen LogP contribution in [0.15, 0.2) is 48.5 Å². The zero-order valence-electron chi connectivity index (χ0n) is 15.6. The topological polar surface area (TPSA) is 59.0 Å². The number of nitrogens with one attached hydrogen (secondary N) is 2. The van der Waals surface area contributed by atoms with E-state index in [9.17, 15) is 18.0 Å². The number of para-hydroxylation sites is 1. The molecule has 0 aliphatic rings. The molecule has 152 valence electrons. The zero-order chi connectivity index (χ0) is 21.2. The number of alkyl halides is 3. The molecule has 1 heterocycles. The van der Waals surface area contributed by atoms with Crippen LogP contribution in [0.25, 0.3) is 5.69 Å². The Bertz CT molecular complexity index is 1030. The maximum atomic E-state index is 12.7. The predicted molar refractivity (Wildman–Crippen MR) is 107 cm³/mol. The Labute approximate surface area is 170 Å². The summed E-state index contributed by atoms with van der Waals surface area (Å²) >= 11 is 5.89. The number of aromatic nitrogens is 2. The lowest BCUT2D eigenvalue weighted by Gasteiger charge is -2.12. The Hall–Kier alpha value is -3.00. The standard InChI is InChI=1S/C20H18ClF3N4O/c1-12-19(13(2)28(27-12)15-6-4-3-5-7-15)26-18(29)11-25-17-9-8-14(10-16(17)21)20(22,23)24/h3-10,25H,11H2,1-2H3,(H,26,29). The monoisotopic (exact) mass is 422 g/mol. The first-order valence-electron chi connectivity index (χ1n) is 8.69. The largest absolute Gasteiger partial charge is 0.416 e. The Balaban J connectivity index is 1.68. The molecule has 2 N–H and O–H groups in total. The maximum Gasteiger partial charge on any atom is 0.416 e. The number of carbonyl (C=O) groups is 1. The molecule has 0 aliphatic carbocycles. The number of amides is 1. The number of nitrogens with zero attached hydrogens (tertiary/aromatic N) is 2. The number of anilines is 2. The van der Waals surface area contributed by atoms with Crippen LogP contribution in [0.3, 0.4) is 0 Å². The van der Waals surface area contributed by atoms with Gasteiger partial charge < -0.3 is 10.6 Å². The number of hydrogen-bond acceptors (Lipinski definition) is 3. The van der Waals surface area contributed by atoms with E-state index in [0.29, 0.717) is 11.4 Å². The molecule has 0 fully saturated rings. The van der Waals surface area contributed by atoms with Crippen molar-refractivity contribution >= 4 is 28.9 Å². The Morgan fingerprint density at radius 3 is 2.45 bits per heavy atom. The SMILES string of the molecule is Cc1nn(-c2ccccc2)c(C)c1NC(=O)CNc1ccc(C(F)(F)F)cc1Cl. The molecule has 2 aromatic carbocycles. The van der Waals surface area contributed by atoms with Crippen molar-refractivity contribution in [3.05, 3.63) is 70.5 Å². The summed E-state index contributed by atoms with van der Waals surface area (Å²) in [5.41, 5.74) is 2.24. The third kappa shape index (κ3) is 4.71. The highest BCUT2D eigenvalue weighted by molar-refractivity contribution is 6.33. The van der Waals surface area contributed by atoms with Gasteiger partial charge in [0.1, 0.15) is 0 Å². The van der Waals surface area contributed by atoms with Crippen LogP contribution in [0, 0.1) is 13.8 Å². The first-order valence-corrected chi connectivity index (χ1v) is 9.06. The summed E-state index contributed by atoms with van der Waals surface area (Å²) in [6, 6.07) is 12.4. The summed E-state index contributed by atoms with van der Waals surface area (Å²) in [6.45, 7) is 3.45. The minimum absolute atomic E-state index is 0.114. The second-order valence-electron chi connectivity index (χ2n) is 6.39. The van der Waals surface area contributed by atoms with Crippen molar-refractivity contribution in [1.29, 1.82) is 0 Å². The van der Waals surface area contributed by atoms with Crippen LogP contribution >= 0.6 is 11.6 Å². The minimum atomic E-state index is -4.48. The average molecular weight is 423 g/mol. The highest BCUT2D eigenvalue weighted by atomic mass is 35.5. The van der Waals surface area contributed by atoms with Gasteiger partial charge in [0.05, 0.1) is 45.6 Å². The minimum Gasteiger partial charge on any atom is -0.375 e. The van der Waals surface area contributed by atoms with Crippen molar-refractivity contribution in [2.45, 2.75) is 20.0 Å². The quantitative estimate of drug-likeness (QED) is 0.593. The van der Waals surface area contributed by atoms with Crippen LogP contribution in [-0.2, 0) is 11.0 Å². The second kappa shape index (κ2) is 8.16. The summed E-state index contributed by atoms with van der Waals surface area (Å²) in [4.78, 5) is 12.3. The lowest BCUT2D eigenvalue weighted by atomic mass is 10.2. The van der Waals surface area contributed by atoms with Gasteiger partial charge in [-0.25, -0.2) is 4.68 Å². The first kappa shape index (κ1) is 20.7. The molecule has 3 aromatic rings. The lowest BCUT2D eigenvalue weighted by Crippen LogP contribution is -2.22. The van der Waals surface area contributed by atoms with Crippen LogP contribution in [0.5, 0.6) is 0 Å². The van der Waals surface area contributed by atoms with Crippen LogP contribution in [0.2, 0.25) is 5.02 Å². The summed E-state index contributed by atoms with van der Waals surface area (Å²) in [5, 5.41) is 9.88. The first-order chi connectivity index (χ1) is 13.7. The number of hydrogen-bond donors (Lipinski definition) is 2. The number of aryl methyl sites for hydroxylation is 1. The van der Waals surface area contributed by atoms with Crippen molar-refractivity contribution in [3.63, 3.8) is 0 Å². The molecule has 5 nitrogen and oxygen atoms in total. The van der Waals surface area contributed by atoms with Gasteiger partial charge in [-0.15, -0.1) is 0 Å². The average Bonchev–Trinajstić information content (AvgIpc) is 2.95. The van der Waals surface area contributed by atoms with Gasteiger partial charge in [-0.1, -0.05) is 29.8 Å². The van der Waals surface area contributed by atoms with E-state index in [-0.39, 0.29) is 23.2 Å². The summed E-state index contributed by atoms with van der Waals surface area (Å²) in [5.74, 6) is -0.375. The predicted octanol–water partition coefficient (Wildman–Crippen LogP) is 5.21. The van der Waals surface area contributed by atoms with Crippen molar-refractivity contribution in [1.82, 2.24) is 9.78 Å². The molecule has 3 rings (SSSR count). The highest BCUT2D eigenvalue weighted by Crippen LogP contribution is 2.33. The van der Waals surface area contributed by atoms with E-state index >= 15 is 0 Å². The highest BCUT2D eigenvalue weighted by Gasteiger charge is 2.30. The number of carbonyl (C=O) groups excluding carboxylic acids is 1. The van der Waals surface area contributed by atoms with Gasteiger partial charge in [0.15, 0.2) is 0 Å². The molecule has 0 radical (unpaired) electrons. The van der Waals surface area contributed by atoms with Gasteiger partial charge in [-0.3, -0.25) is 4.79 Å². The third-order valence-electron chi connectivity index (χ3n) is 4.29. The molecular formula is C20H18ClF3N4O. The van der Waals surface area contributed by atoms with Gasteiger partial charge in [-0.2, -0.15) is 18.3 Å². The van der Waals surface area contributed by atoms with Gasteiger partial charge in [0.2, 0.25) is 5.91 Å². The van der Waals surface area contributed by atoms with E-state index < -0.39 is 11.7 Å². The molecule has 0 spiro atoms. The lowest BCUT2D eigenvalue weighted by molar-refractivity contribution is -0.137.